The molecule has 0 fully saturated rings. The molecule has 0 radical (unpaired) electrons. The maximum Gasteiger partial charge on any atom is 0.338 e. The lowest BCUT2D eigenvalue weighted by atomic mass is 9.94. The third-order valence-electron chi connectivity index (χ3n) is 5.29. The molecule has 0 saturated carbocycles. The minimum atomic E-state index is -0.432. The van der Waals surface area contributed by atoms with Crippen molar-refractivity contribution < 1.29 is 14.3 Å². The molecular formula is C25H29N3O3S. The monoisotopic (exact) mass is 451 g/mol. The Hall–Kier alpha value is -3.19. The van der Waals surface area contributed by atoms with Gasteiger partial charge in [-0.2, -0.15) is 0 Å². The van der Waals surface area contributed by atoms with Crippen LogP contribution in [0.2, 0.25) is 0 Å². The predicted octanol–water partition coefficient (Wildman–Crippen LogP) is 4.72. The Kier molecular flexibility index (Phi) is 7.30. The van der Waals surface area contributed by atoms with Crippen molar-refractivity contribution in [3.63, 3.8) is 0 Å². The van der Waals surface area contributed by atoms with E-state index in [1.807, 2.05) is 75.9 Å². The van der Waals surface area contributed by atoms with E-state index < -0.39 is 6.04 Å². The molecule has 2 N–H and O–H groups in total. The molecule has 7 heteroatoms. The fourth-order valence-corrected chi connectivity index (χ4v) is 4.01. The molecule has 1 aliphatic rings. The van der Waals surface area contributed by atoms with Gasteiger partial charge in [-0.3, -0.25) is 4.79 Å². The quantitative estimate of drug-likeness (QED) is 0.489. The van der Waals surface area contributed by atoms with Crippen molar-refractivity contribution in [3.05, 3.63) is 76.5 Å². The number of anilines is 1. The van der Waals surface area contributed by atoms with Gasteiger partial charge in [0.2, 0.25) is 0 Å². The normalized spacial score (nSPS) is 16.1. The van der Waals surface area contributed by atoms with E-state index in [1.54, 1.807) is 12.1 Å². The summed E-state index contributed by atoms with van der Waals surface area (Å²) in [6, 6.07) is 14.4. The maximum atomic E-state index is 12.9. The number of benzene rings is 2. The first-order chi connectivity index (χ1) is 15.2. The first-order valence-electron chi connectivity index (χ1n) is 10.7. The van der Waals surface area contributed by atoms with E-state index in [1.165, 1.54) is 0 Å². The van der Waals surface area contributed by atoms with Crippen LogP contribution in [0.25, 0.3) is 0 Å². The highest BCUT2D eigenvalue weighted by atomic mass is 32.1. The summed E-state index contributed by atoms with van der Waals surface area (Å²) < 4.78 is 5.51. The Morgan fingerprint density at radius 3 is 2.28 bits per heavy atom. The van der Waals surface area contributed by atoms with Crippen LogP contribution in [0.15, 0.2) is 59.8 Å². The Morgan fingerprint density at radius 2 is 1.72 bits per heavy atom. The van der Waals surface area contributed by atoms with Crippen molar-refractivity contribution in [1.82, 2.24) is 10.2 Å². The lowest BCUT2D eigenvalue weighted by Crippen LogP contribution is -2.47. The third-order valence-corrected chi connectivity index (χ3v) is 5.63. The number of esters is 1. The Morgan fingerprint density at radius 1 is 1.09 bits per heavy atom. The van der Waals surface area contributed by atoms with Crippen LogP contribution in [0.1, 0.15) is 55.2 Å². The molecule has 0 aliphatic carbocycles. The SMILES string of the molecule is CCN1C(=S)NC(c2ccc(NC(=O)c3ccc(C)cc3)cc2)C(C(=O)OC(C)C)=C1C. The lowest BCUT2D eigenvalue weighted by Gasteiger charge is -2.37. The van der Waals surface area contributed by atoms with Gasteiger partial charge in [0.1, 0.15) is 0 Å². The van der Waals surface area contributed by atoms with Crippen molar-refractivity contribution in [1.29, 1.82) is 0 Å². The number of nitrogens with zero attached hydrogens (tertiary/aromatic N) is 1. The van der Waals surface area contributed by atoms with Gasteiger partial charge in [0, 0.05) is 23.5 Å². The van der Waals surface area contributed by atoms with Gasteiger partial charge in [0.05, 0.1) is 17.7 Å². The number of hydrogen-bond acceptors (Lipinski definition) is 4. The van der Waals surface area contributed by atoms with Crippen LogP contribution < -0.4 is 10.6 Å². The van der Waals surface area contributed by atoms with E-state index in [-0.39, 0.29) is 18.0 Å². The van der Waals surface area contributed by atoms with Gasteiger partial charge in [-0.1, -0.05) is 29.8 Å². The summed E-state index contributed by atoms with van der Waals surface area (Å²) in [6.07, 6.45) is -0.230. The second-order valence-corrected chi connectivity index (χ2v) is 8.41. The minimum Gasteiger partial charge on any atom is -0.459 e. The fourth-order valence-electron chi connectivity index (χ4n) is 3.62. The first-order valence-corrected chi connectivity index (χ1v) is 11.1. The number of aryl methyl sites for hydroxylation is 1. The van der Waals surface area contributed by atoms with Gasteiger partial charge in [-0.25, -0.2) is 4.79 Å². The zero-order chi connectivity index (χ0) is 23.4. The highest BCUT2D eigenvalue weighted by Gasteiger charge is 2.34. The van der Waals surface area contributed by atoms with Crippen LogP contribution in [0.4, 0.5) is 5.69 Å². The van der Waals surface area contributed by atoms with E-state index in [4.69, 9.17) is 17.0 Å². The Balaban J connectivity index is 1.86. The highest BCUT2D eigenvalue weighted by molar-refractivity contribution is 7.80. The van der Waals surface area contributed by atoms with E-state index in [9.17, 15) is 9.59 Å². The van der Waals surface area contributed by atoms with Crippen LogP contribution in [0.5, 0.6) is 0 Å². The van der Waals surface area contributed by atoms with Gasteiger partial charge in [0.15, 0.2) is 5.11 Å². The molecule has 1 atom stereocenters. The smallest absolute Gasteiger partial charge is 0.338 e. The summed E-state index contributed by atoms with van der Waals surface area (Å²) in [6.45, 7) is 10.1. The number of nitrogens with one attached hydrogen (secondary N) is 2. The number of carbonyl (C=O) groups is 2. The van der Waals surface area contributed by atoms with Gasteiger partial charge in [0.25, 0.3) is 5.91 Å². The molecule has 1 heterocycles. The molecule has 0 bridgehead atoms. The summed E-state index contributed by atoms with van der Waals surface area (Å²) in [7, 11) is 0. The van der Waals surface area contributed by atoms with Gasteiger partial charge in [-0.15, -0.1) is 0 Å². The molecular weight excluding hydrogens is 422 g/mol. The molecule has 6 nitrogen and oxygen atoms in total. The van der Waals surface area contributed by atoms with Crippen molar-refractivity contribution in [2.24, 2.45) is 0 Å². The summed E-state index contributed by atoms with van der Waals surface area (Å²) in [5, 5.41) is 6.74. The molecule has 0 saturated heterocycles. The first kappa shape index (κ1) is 23.5. The van der Waals surface area contributed by atoms with Crippen molar-refractivity contribution in [3.8, 4) is 0 Å². The molecule has 2 aromatic carbocycles. The molecule has 1 aliphatic heterocycles. The van der Waals surface area contributed by atoms with Crippen LogP contribution in [-0.2, 0) is 9.53 Å². The number of hydrogen-bond donors (Lipinski definition) is 2. The molecule has 0 spiro atoms. The molecule has 0 aromatic heterocycles. The average Bonchev–Trinajstić information content (AvgIpc) is 2.74. The third kappa shape index (κ3) is 5.16. The summed E-state index contributed by atoms with van der Waals surface area (Å²) >= 11 is 5.53. The van der Waals surface area contributed by atoms with Gasteiger partial charge >= 0.3 is 5.97 Å². The topological polar surface area (TPSA) is 70.7 Å². The summed E-state index contributed by atoms with van der Waals surface area (Å²) in [4.78, 5) is 27.3. The molecule has 1 amide bonds. The zero-order valence-electron chi connectivity index (χ0n) is 19.1. The second-order valence-electron chi connectivity index (χ2n) is 8.02. The molecule has 1 unspecified atom stereocenters. The van der Waals surface area contributed by atoms with E-state index in [2.05, 4.69) is 10.6 Å². The van der Waals surface area contributed by atoms with Gasteiger partial charge in [-0.05, 0) is 76.7 Å². The predicted molar refractivity (Wildman–Crippen MR) is 130 cm³/mol. The molecule has 3 rings (SSSR count). The lowest BCUT2D eigenvalue weighted by molar-refractivity contribution is -0.143. The highest BCUT2D eigenvalue weighted by Crippen LogP contribution is 2.32. The number of thiocarbonyl (C=S) groups is 1. The van der Waals surface area contributed by atoms with Crippen LogP contribution in [0.3, 0.4) is 0 Å². The number of ether oxygens (including phenoxy) is 1. The summed E-state index contributed by atoms with van der Waals surface area (Å²) in [5.41, 5.74) is 4.53. The van der Waals surface area contributed by atoms with Crippen LogP contribution in [-0.4, -0.2) is 34.5 Å². The molecule has 32 heavy (non-hydrogen) atoms. The number of amides is 1. The average molecular weight is 452 g/mol. The second kappa shape index (κ2) is 9.96. The zero-order valence-corrected chi connectivity index (χ0v) is 19.9. The largest absolute Gasteiger partial charge is 0.459 e. The summed E-state index contributed by atoms with van der Waals surface area (Å²) in [5.74, 6) is -0.544. The van der Waals surface area contributed by atoms with Crippen LogP contribution >= 0.6 is 12.2 Å². The van der Waals surface area contributed by atoms with Crippen molar-refractivity contribution in [2.45, 2.75) is 46.8 Å². The van der Waals surface area contributed by atoms with E-state index in [0.717, 1.165) is 16.8 Å². The van der Waals surface area contributed by atoms with Crippen molar-refractivity contribution in [2.75, 3.05) is 11.9 Å². The Labute approximate surface area is 194 Å². The van der Waals surface area contributed by atoms with E-state index >= 15 is 0 Å². The number of rotatable bonds is 6. The standard InChI is InChI=1S/C25H29N3O3S/c1-6-28-17(5)21(24(30)31-15(2)3)22(27-25(28)32)18-11-13-20(14-12-18)26-23(29)19-9-7-16(4)8-10-19/h7-15,22H,6H2,1-5H3,(H,26,29)(H,27,32). The van der Waals surface area contributed by atoms with Gasteiger partial charge < -0.3 is 20.3 Å². The van der Waals surface area contributed by atoms with Crippen LogP contribution in [0, 0.1) is 6.92 Å². The number of carbonyl (C=O) groups excluding carboxylic acids is 2. The fraction of sp³-hybridized carbons (Fsp3) is 0.320. The van der Waals surface area contributed by atoms with E-state index in [0.29, 0.717) is 28.5 Å². The minimum absolute atomic E-state index is 0.176. The maximum absolute atomic E-state index is 12.9. The molecule has 2 aromatic rings. The van der Waals surface area contributed by atoms with Crippen molar-refractivity contribution >= 4 is 34.9 Å². The Bertz CT molecular complexity index is 1040. The number of allylic oxidation sites excluding steroid dienone is 1. The molecule has 168 valence electrons.